The van der Waals surface area contributed by atoms with Gasteiger partial charge in [0.15, 0.2) is 0 Å². The predicted octanol–water partition coefficient (Wildman–Crippen LogP) is 4.82. The van der Waals surface area contributed by atoms with Crippen LogP contribution in [0.15, 0.2) is 67.4 Å². The Balaban J connectivity index is 1.69. The van der Waals surface area contributed by atoms with Crippen LogP contribution in [0.4, 0.5) is 13.2 Å². The van der Waals surface area contributed by atoms with E-state index in [1.165, 1.54) is 48.7 Å². The summed E-state index contributed by atoms with van der Waals surface area (Å²) in [5, 5.41) is 16.0. The molecule has 0 spiro atoms. The Kier molecular flexibility index (Phi) is 6.10. The number of aliphatic hydroxyl groups is 1. The second-order valence-electron chi connectivity index (χ2n) is 8.12. The number of hydrogen-bond acceptors (Lipinski definition) is 5. The Morgan fingerprint density at radius 3 is 2.60 bits per heavy atom. The van der Waals surface area contributed by atoms with E-state index in [-0.39, 0.29) is 29.2 Å². The number of halogens is 4. The average Bonchev–Trinajstić information content (AvgIpc) is 3.34. The summed E-state index contributed by atoms with van der Waals surface area (Å²) in [7, 11) is 0. The van der Waals surface area contributed by atoms with Crippen molar-refractivity contribution in [1.29, 1.82) is 0 Å². The summed E-state index contributed by atoms with van der Waals surface area (Å²) in [5.41, 5.74) is -1.50. The minimum Gasteiger partial charge on any atom is -0.381 e. The van der Waals surface area contributed by atoms with Crippen molar-refractivity contribution < 1.29 is 22.4 Å². The fourth-order valence-corrected chi connectivity index (χ4v) is 3.97. The normalized spacial score (nSPS) is 15.8. The van der Waals surface area contributed by atoms with E-state index < -0.39 is 36.1 Å². The first-order chi connectivity index (χ1) is 17.9. The molecule has 0 unspecified atom stereocenters. The summed E-state index contributed by atoms with van der Waals surface area (Å²) in [5.74, 6) is -2.45. The van der Waals surface area contributed by atoms with Gasteiger partial charge in [0.2, 0.25) is 0 Å². The van der Waals surface area contributed by atoms with Crippen LogP contribution in [0.1, 0.15) is 22.2 Å². The van der Waals surface area contributed by atoms with Crippen LogP contribution in [0.3, 0.4) is 0 Å². The molecule has 2 heterocycles. The van der Waals surface area contributed by atoms with Gasteiger partial charge in [-0.05, 0) is 49.8 Å². The van der Waals surface area contributed by atoms with E-state index in [0.29, 0.717) is 17.3 Å². The van der Waals surface area contributed by atoms with E-state index in [1.807, 2.05) is 0 Å². The van der Waals surface area contributed by atoms with Gasteiger partial charge in [-0.3, -0.25) is 9.88 Å². The van der Waals surface area contributed by atoms with E-state index in [1.54, 1.807) is 6.07 Å². The molecule has 0 aliphatic heterocycles. The number of nitrogens with zero attached hydrogens (tertiary/aromatic N) is 5. The number of aromatic nitrogens is 4. The molecule has 4 rings (SSSR count). The van der Waals surface area contributed by atoms with Crippen LogP contribution in [-0.4, -0.2) is 42.8 Å². The van der Waals surface area contributed by atoms with Crippen molar-refractivity contribution in [3.05, 3.63) is 101 Å². The van der Waals surface area contributed by atoms with Crippen molar-refractivity contribution in [3.8, 4) is 11.3 Å². The third kappa shape index (κ3) is 5.37. The van der Waals surface area contributed by atoms with Gasteiger partial charge >= 0.3 is 0 Å². The van der Waals surface area contributed by atoms with Gasteiger partial charge < -0.3 is 5.11 Å². The first-order valence-electron chi connectivity index (χ1n) is 12.1. The second kappa shape index (κ2) is 10.2. The maximum absolute atomic E-state index is 14.9. The summed E-state index contributed by atoms with van der Waals surface area (Å²) in [6.07, 6.45) is 3.89. The number of benzene rings is 2. The molecular formula is C25H23ClF3N5O. The maximum atomic E-state index is 14.9. The number of hydrogen-bond donors (Lipinski definition) is 1. The molecule has 0 aliphatic carbocycles. The number of rotatable bonds is 8. The largest absolute Gasteiger partial charge is 0.381 e. The van der Waals surface area contributed by atoms with Crippen molar-refractivity contribution in [3.63, 3.8) is 0 Å². The molecular weight excluding hydrogens is 479 g/mol. The topological polar surface area (TPSA) is 67.1 Å². The fraction of sp³-hybridized carbons (Fsp3) is 0.240. The Hall–Kier alpha value is -3.27. The molecule has 1 N–H and O–H groups in total. The fourth-order valence-electron chi connectivity index (χ4n) is 3.81. The highest BCUT2D eigenvalue weighted by molar-refractivity contribution is 6.30. The Bertz CT molecular complexity index is 1410. The summed E-state index contributed by atoms with van der Waals surface area (Å²) in [6.45, 7) is -1.91. The monoisotopic (exact) mass is 504 g/mol. The zero-order valence-corrected chi connectivity index (χ0v) is 19.3. The lowest BCUT2D eigenvalue weighted by atomic mass is 9.85. The molecule has 0 aliphatic rings. The predicted molar refractivity (Wildman–Crippen MR) is 126 cm³/mol. The van der Waals surface area contributed by atoms with Crippen molar-refractivity contribution in [1.82, 2.24) is 24.6 Å². The van der Waals surface area contributed by atoms with Gasteiger partial charge in [0.25, 0.3) is 0 Å². The summed E-state index contributed by atoms with van der Waals surface area (Å²) >= 11 is 5.81. The lowest BCUT2D eigenvalue weighted by molar-refractivity contribution is -0.0591. The SMILES string of the molecule is [2H]C([2H])([2H])N(Cc1ccc(-c2ccc(Cl)cc2F)nc1)[C@H](C)[C@](O)(Cn1cncn1)c1ccc(F)cc1F. The molecule has 6 nitrogen and oxygen atoms in total. The third-order valence-electron chi connectivity index (χ3n) is 5.81. The van der Waals surface area contributed by atoms with E-state index in [0.717, 1.165) is 23.1 Å². The molecule has 0 saturated heterocycles. The van der Waals surface area contributed by atoms with Crippen molar-refractivity contribution in [2.24, 2.45) is 0 Å². The van der Waals surface area contributed by atoms with Crippen molar-refractivity contribution in [2.45, 2.75) is 31.7 Å². The van der Waals surface area contributed by atoms with Gasteiger partial charge in [-0.15, -0.1) is 0 Å². The van der Waals surface area contributed by atoms with E-state index in [4.69, 9.17) is 15.7 Å². The molecule has 2 aromatic carbocycles. The van der Waals surface area contributed by atoms with E-state index >= 15 is 0 Å². The average molecular weight is 505 g/mol. The Morgan fingerprint density at radius 2 is 1.97 bits per heavy atom. The van der Waals surface area contributed by atoms with Crippen LogP contribution < -0.4 is 0 Å². The molecule has 35 heavy (non-hydrogen) atoms. The highest BCUT2D eigenvalue weighted by Crippen LogP contribution is 2.33. The minimum atomic E-state index is -2.74. The van der Waals surface area contributed by atoms with E-state index in [2.05, 4.69) is 15.1 Å². The molecule has 0 radical (unpaired) electrons. The second-order valence-corrected chi connectivity index (χ2v) is 8.56. The van der Waals surface area contributed by atoms with Crippen LogP contribution in [0.25, 0.3) is 11.3 Å². The molecule has 182 valence electrons. The number of pyridine rings is 1. The van der Waals surface area contributed by atoms with Crippen LogP contribution in [0.5, 0.6) is 0 Å². The third-order valence-corrected chi connectivity index (χ3v) is 6.05. The van der Waals surface area contributed by atoms with Gasteiger partial charge in [0.05, 0.1) is 12.2 Å². The Morgan fingerprint density at radius 1 is 1.14 bits per heavy atom. The molecule has 2 aromatic heterocycles. The zero-order chi connectivity index (χ0) is 27.7. The molecule has 10 heteroatoms. The van der Waals surface area contributed by atoms with Gasteiger partial charge in [-0.25, -0.2) is 22.8 Å². The lowest BCUT2D eigenvalue weighted by Crippen LogP contribution is -2.50. The van der Waals surface area contributed by atoms with Crippen LogP contribution in [0.2, 0.25) is 5.02 Å². The first kappa shape index (κ1) is 21.0. The van der Waals surface area contributed by atoms with Crippen molar-refractivity contribution >= 4 is 11.6 Å². The molecule has 0 bridgehead atoms. The quantitative estimate of drug-likeness (QED) is 0.373. The van der Waals surface area contributed by atoms with Crippen LogP contribution in [-0.2, 0) is 18.7 Å². The van der Waals surface area contributed by atoms with Gasteiger partial charge in [-0.1, -0.05) is 23.7 Å². The van der Waals surface area contributed by atoms with Crippen LogP contribution >= 0.6 is 11.6 Å². The molecule has 0 amide bonds. The summed E-state index contributed by atoms with van der Waals surface area (Å²) in [6, 6.07) is 8.72. The smallest absolute Gasteiger partial charge is 0.137 e. The molecule has 0 saturated carbocycles. The first-order valence-corrected chi connectivity index (χ1v) is 10.9. The number of likely N-dealkylation sites (N-methyl/N-ethyl adjacent to an activating group) is 1. The molecule has 0 fully saturated rings. The molecule has 2 atom stereocenters. The summed E-state index contributed by atoms with van der Waals surface area (Å²) in [4.78, 5) is 9.09. The molecule has 4 aromatic rings. The highest BCUT2D eigenvalue weighted by Gasteiger charge is 2.41. The zero-order valence-electron chi connectivity index (χ0n) is 21.5. The van der Waals surface area contributed by atoms with Gasteiger partial charge in [-0.2, -0.15) is 5.10 Å². The van der Waals surface area contributed by atoms with Gasteiger partial charge in [0, 0.05) is 45.1 Å². The lowest BCUT2D eigenvalue weighted by Gasteiger charge is -2.39. The standard InChI is InChI=1S/C25H23ClF3N5O/c1-16(25(35,13-34-15-30-14-32-34)21-7-5-19(27)10-23(21)29)33(2)12-17-3-8-24(31-11-17)20-6-4-18(26)9-22(20)28/h3-11,14-16,35H,12-13H2,1-2H3/t16-,25-/m1/s1/i2D3. The van der Waals surface area contributed by atoms with Crippen LogP contribution in [0, 0.1) is 17.5 Å². The maximum Gasteiger partial charge on any atom is 0.137 e. The summed E-state index contributed by atoms with van der Waals surface area (Å²) < 4.78 is 68.6. The highest BCUT2D eigenvalue weighted by atomic mass is 35.5. The van der Waals surface area contributed by atoms with E-state index in [9.17, 15) is 18.3 Å². The van der Waals surface area contributed by atoms with Crippen molar-refractivity contribution in [2.75, 3.05) is 6.98 Å². The Labute approximate surface area is 209 Å². The minimum absolute atomic E-state index is 0.219. The van der Waals surface area contributed by atoms with Gasteiger partial charge in [0.1, 0.15) is 35.7 Å².